The first kappa shape index (κ1) is 19.5. The Morgan fingerprint density at radius 1 is 1.14 bits per heavy atom. The number of halogens is 2. The van der Waals surface area contributed by atoms with Crippen LogP contribution in [0.3, 0.4) is 0 Å². The average Bonchev–Trinajstić information content (AvgIpc) is 2.74. The van der Waals surface area contributed by atoms with Crippen LogP contribution in [0.2, 0.25) is 0 Å². The fourth-order valence-electron chi connectivity index (χ4n) is 3.82. The second-order valence-corrected chi connectivity index (χ2v) is 7.62. The van der Waals surface area contributed by atoms with E-state index >= 15 is 0 Å². The Labute approximate surface area is 168 Å². The molecule has 1 atom stereocenters. The second-order valence-electron chi connectivity index (χ2n) is 7.62. The lowest BCUT2D eigenvalue weighted by molar-refractivity contribution is -0.0252. The molecular weight excluding hydrogens is 372 g/mol. The van der Waals surface area contributed by atoms with Crippen LogP contribution in [-0.2, 0) is 13.0 Å². The van der Waals surface area contributed by atoms with Gasteiger partial charge in [-0.1, -0.05) is 37.3 Å². The molecule has 4 rings (SSSR count). The molecule has 0 N–H and O–H groups in total. The summed E-state index contributed by atoms with van der Waals surface area (Å²) in [6, 6.07) is 17.1. The minimum absolute atomic E-state index is 0.200. The molecule has 1 aromatic heterocycles. The highest BCUT2D eigenvalue weighted by Gasteiger charge is 2.36. The number of alkyl halides is 2. The van der Waals surface area contributed by atoms with Crippen molar-refractivity contribution in [3.05, 3.63) is 71.4 Å². The summed E-state index contributed by atoms with van der Waals surface area (Å²) in [5, 5.41) is 1.06. The number of pyridine rings is 1. The number of hydrogen-bond donors (Lipinski definition) is 0. The number of carbonyl (C=O) groups is 1. The van der Waals surface area contributed by atoms with E-state index in [0.29, 0.717) is 24.2 Å². The maximum absolute atomic E-state index is 13.8. The second kappa shape index (κ2) is 7.90. The molecule has 5 heteroatoms. The van der Waals surface area contributed by atoms with Crippen molar-refractivity contribution in [2.45, 2.75) is 45.1 Å². The van der Waals surface area contributed by atoms with Crippen molar-refractivity contribution >= 4 is 16.7 Å². The van der Waals surface area contributed by atoms with E-state index in [2.05, 4.69) is 4.98 Å². The smallest absolute Gasteiger partial charge is 0.248 e. The Bertz CT molecular complexity index is 1050. The summed E-state index contributed by atoms with van der Waals surface area (Å²) in [6.07, 6.45) is 0.486. The Morgan fingerprint density at radius 2 is 1.97 bits per heavy atom. The maximum Gasteiger partial charge on any atom is 0.248 e. The van der Waals surface area contributed by atoms with Crippen LogP contribution in [0.1, 0.15) is 47.8 Å². The van der Waals surface area contributed by atoms with Crippen LogP contribution < -0.4 is 4.74 Å². The van der Waals surface area contributed by atoms with Crippen LogP contribution in [-0.4, -0.2) is 16.7 Å². The first-order valence-electron chi connectivity index (χ1n) is 9.97. The van der Waals surface area contributed by atoms with Crippen LogP contribution in [0.4, 0.5) is 8.78 Å². The van der Waals surface area contributed by atoms with Gasteiger partial charge in [-0.25, -0.2) is 13.8 Å². The minimum Gasteiger partial charge on any atom is -0.487 e. The summed E-state index contributed by atoms with van der Waals surface area (Å²) < 4.78 is 33.5. The molecule has 0 spiro atoms. The van der Waals surface area contributed by atoms with Crippen molar-refractivity contribution in [2.24, 2.45) is 5.92 Å². The summed E-state index contributed by atoms with van der Waals surface area (Å²) in [4.78, 5) is 17.4. The van der Waals surface area contributed by atoms with Gasteiger partial charge in [-0.15, -0.1) is 0 Å². The van der Waals surface area contributed by atoms with Crippen molar-refractivity contribution in [2.75, 3.05) is 0 Å². The predicted molar refractivity (Wildman–Crippen MR) is 109 cm³/mol. The van der Waals surface area contributed by atoms with Crippen LogP contribution in [0.25, 0.3) is 10.9 Å². The molecule has 3 aromatic rings. The average molecular weight is 395 g/mol. The molecule has 0 bridgehead atoms. The molecule has 0 fully saturated rings. The molecule has 1 aliphatic rings. The molecule has 0 radical (unpaired) electrons. The minimum atomic E-state index is -2.80. The normalized spacial score (nSPS) is 16.7. The Balaban J connectivity index is 1.49. The highest BCUT2D eigenvalue weighted by Crippen LogP contribution is 2.36. The molecule has 0 saturated carbocycles. The highest BCUT2D eigenvalue weighted by atomic mass is 19.3. The van der Waals surface area contributed by atoms with Crippen molar-refractivity contribution in [3.63, 3.8) is 0 Å². The van der Waals surface area contributed by atoms with E-state index in [1.54, 1.807) is 6.07 Å². The standard InChI is InChI=1S/C24H23F2NO2/c1-2-24(25,26)14-18-8-7-16-10-12-20(13-21(16)23(18)28)29-15-19-11-9-17-5-3-4-6-22(17)27-19/h3-6,9-13,18H,2,7-8,14-15H2,1H3. The van der Waals surface area contributed by atoms with Gasteiger partial charge in [0.1, 0.15) is 12.4 Å². The van der Waals surface area contributed by atoms with Gasteiger partial charge < -0.3 is 4.74 Å². The summed E-state index contributed by atoms with van der Waals surface area (Å²) in [5.41, 5.74) is 3.10. The van der Waals surface area contributed by atoms with Gasteiger partial charge in [0.15, 0.2) is 5.78 Å². The van der Waals surface area contributed by atoms with Crippen LogP contribution >= 0.6 is 0 Å². The first-order valence-corrected chi connectivity index (χ1v) is 9.97. The van der Waals surface area contributed by atoms with Gasteiger partial charge in [0, 0.05) is 29.7 Å². The van der Waals surface area contributed by atoms with E-state index in [9.17, 15) is 13.6 Å². The summed E-state index contributed by atoms with van der Waals surface area (Å²) in [7, 11) is 0. The molecular formula is C24H23F2NO2. The number of fused-ring (bicyclic) bond motifs is 2. The Kier molecular flexibility index (Phi) is 5.31. The lowest BCUT2D eigenvalue weighted by Gasteiger charge is -2.26. The molecule has 0 saturated heterocycles. The number of aryl methyl sites for hydroxylation is 1. The van der Waals surface area contributed by atoms with Gasteiger partial charge >= 0.3 is 0 Å². The number of para-hydroxylation sites is 1. The highest BCUT2D eigenvalue weighted by molar-refractivity contribution is 6.00. The molecule has 1 heterocycles. The van der Waals surface area contributed by atoms with Crippen molar-refractivity contribution < 1.29 is 18.3 Å². The van der Waals surface area contributed by atoms with E-state index < -0.39 is 11.8 Å². The number of ketones is 1. The third-order valence-corrected chi connectivity index (χ3v) is 5.58. The fourth-order valence-corrected chi connectivity index (χ4v) is 3.82. The third-order valence-electron chi connectivity index (χ3n) is 5.58. The number of benzene rings is 2. The molecule has 2 aromatic carbocycles. The maximum atomic E-state index is 13.8. The van der Waals surface area contributed by atoms with Gasteiger partial charge in [0.2, 0.25) is 5.92 Å². The SMILES string of the molecule is CCC(F)(F)CC1CCc2ccc(OCc3ccc4ccccc4n3)cc2C1=O. The van der Waals surface area contributed by atoms with Crippen LogP contribution in [0, 0.1) is 5.92 Å². The van der Waals surface area contributed by atoms with E-state index in [4.69, 9.17) is 4.74 Å². The molecule has 150 valence electrons. The lowest BCUT2D eigenvalue weighted by atomic mass is 9.79. The van der Waals surface area contributed by atoms with Gasteiger partial charge in [0.05, 0.1) is 11.2 Å². The van der Waals surface area contributed by atoms with Crippen molar-refractivity contribution in [1.82, 2.24) is 4.98 Å². The molecule has 1 unspecified atom stereocenters. The van der Waals surface area contributed by atoms with E-state index in [1.165, 1.54) is 6.92 Å². The van der Waals surface area contributed by atoms with Crippen LogP contribution in [0.15, 0.2) is 54.6 Å². The number of Topliss-reactive ketones (excluding diaryl/α,β-unsaturated/α-hetero) is 1. The van der Waals surface area contributed by atoms with Crippen molar-refractivity contribution in [3.8, 4) is 5.75 Å². The summed E-state index contributed by atoms with van der Waals surface area (Å²) >= 11 is 0. The topological polar surface area (TPSA) is 39.2 Å². The lowest BCUT2D eigenvalue weighted by Crippen LogP contribution is -2.29. The van der Waals surface area contributed by atoms with Gasteiger partial charge in [0.25, 0.3) is 0 Å². The number of rotatable bonds is 6. The van der Waals surface area contributed by atoms with E-state index in [-0.39, 0.29) is 25.2 Å². The quantitative estimate of drug-likeness (QED) is 0.514. The van der Waals surface area contributed by atoms with Crippen molar-refractivity contribution in [1.29, 1.82) is 0 Å². The zero-order chi connectivity index (χ0) is 20.4. The Hall–Kier alpha value is -2.82. The number of hydrogen-bond acceptors (Lipinski definition) is 3. The van der Waals surface area contributed by atoms with E-state index in [1.807, 2.05) is 48.5 Å². The number of ether oxygens (including phenoxy) is 1. The largest absolute Gasteiger partial charge is 0.487 e. The summed E-state index contributed by atoms with van der Waals surface area (Å²) in [6.45, 7) is 1.73. The zero-order valence-corrected chi connectivity index (χ0v) is 16.3. The molecule has 0 amide bonds. The molecule has 29 heavy (non-hydrogen) atoms. The molecule has 3 nitrogen and oxygen atoms in total. The molecule has 1 aliphatic carbocycles. The fraction of sp³-hybridized carbons (Fsp3) is 0.333. The zero-order valence-electron chi connectivity index (χ0n) is 16.3. The first-order chi connectivity index (χ1) is 13.9. The van der Waals surface area contributed by atoms with Gasteiger partial charge in [-0.2, -0.15) is 0 Å². The Morgan fingerprint density at radius 3 is 2.79 bits per heavy atom. The van der Waals surface area contributed by atoms with Gasteiger partial charge in [-0.3, -0.25) is 4.79 Å². The predicted octanol–water partition coefficient (Wildman–Crippen LogP) is 5.99. The number of nitrogens with zero attached hydrogens (tertiary/aromatic N) is 1. The van der Waals surface area contributed by atoms with Gasteiger partial charge in [-0.05, 0) is 42.7 Å². The number of carbonyl (C=O) groups excluding carboxylic acids is 1. The summed E-state index contributed by atoms with van der Waals surface area (Å²) in [5.74, 6) is -3.08. The molecule has 0 aliphatic heterocycles. The van der Waals surface area contributed by atoms with Crippen LogP contribution in [0.5, 0.6) is 5.75 Å². The van der Waals surface area contributed by atoms with E-state index in [0.717, 1.165) is 22.2 Å². The third kappa shape index (κ3) is 4.29. The monoisotopic (exact) mass is 395 g/mol. The number of aromatic nitrogens is 1.